The van der Waals surface area contributed by atoms with E-state index >= 15 is 0 Å². The van der Waals surface area contributed by atoms with Gasteiger partial charge in [0.1, 0.15) is 18.2 Å². The molecule has 1 fully saturated rings. The summed E-state index contributed by atoms with van der Waals surface area (Å²) in [5, 5.41) is 11.4. The maximum atomic E-state index is 13.3. The predicted octanol–water partition coefficient (Wildman–Crippen LogP) is 2.20. The number of piperidine rings is 1. The molecule has 0 aliphatic carbocycles. The minimum Gasteiger partial charge on any atom is -0.461 e. The Morgan fingerprint density at radius 3 is 2.07 bits per heavy atom. The first kappa shape index (κ1) is 37.1. The number of hydrogen-bond acceptors (Lipinski definition) is 7. The first-order valence-corrected chi connectivity index (χ1v) is 15.2. The van der Waals surface area contributed by atoms with Gasteiger partial charge in [0.25, 0.3) is 0 Å². The predicted molar refractivity (Wildman–Crippen MR) is 162 cm³/mol. The maximum absolute atomic E-state index is 13.3. The van der Waals surface area contributed by atoms with Gasteiger partial charge in [0, 0.05) is 57.4 Å². The van der Waals surface area contributed by atoms with Gasteiger partial charge in [-0.15, -0.1) is 0 Å². The smallest absolute Gasteiger partial charge is 0.328 e. The summed E-state index contributed by atoms with van der Waals surface area (Å²) >= 11 is 0. The van der Waals surface area contributed by atoms with E-state index in [1.54, 1.807) is 0 Å². The third kappa shape index (κ3) is 15.9. The number of hydrogen-bond donors (Lipinski definition) is 5. The fraction of sp³-hybridized carbons (Fsp3) is 0.833. The number of unbranched alkanes of at least 4 members (excludes halogenated alkanes) is 1. The highest BCUT2D eigenvalue weighted by molar-refractivity contribution is 5.91. The van der Waals surface area contributed by atoms with Crippen LogP contribution in [-0.4, -0.2) is 84.5 Å². The first-order chi connectivity index (χ1) is 19.4. The molecule has 1 aliphatic rings. The molecule has 0 unspecified atom stereocenters. The van der Waals surface area contributed by atoms with Gasteiger partial charge in [-0.05, 0) is 51.4 Å². The van der Waals surface area contributed by atoms with Gasteiger partial charge in [-0.2, -0.15) is 0 Å². The molecule has 0 radical (unpaired) electrons. The summed E-state index contributed by atoms with van der Waals surface area (Å²) in [6.07, 6.45) is 2.74. The summed E-state index contributed by atoms with van der Waals surface area (Å²) in [5.74, 6) is -1.38. The fourth-order valence-electron chi connectivity index (χ4n) is 4.56. The van der Waals surface area contributed by atoms with Crippen molar-refractivity contribution in [2.24, 2.45) is 17.1 Å². The number of ether oxygens (including phenoxy) is 1. The van der Waals surface area contributed by atoms with Gasteiger partial charge in [-0.25, -0.2) is 9.59 Å². The van der Waals surface area contributed by atoms with Gasteiger partial charge >= 0.3 is 12.0 Å². The third-order valence-corrected chi connectivity index (χ3v) is 6.85. The summed E-state index contributed by atoms with van der Waals surface area (Å²) < 4.78 is 5.81. The Morgan fingerprint density at radius 2 is 1.55 bits per heavy atom. The molecular formula is C30H56N6O6. The molecule has 2 atom stereocenters. The van der Waals surface area contributed by atoms with Crippen LogP contribution in [0.1, 0.15) is 100 Å². The van der Waals surface area contributed by atoms with Crippen LogP contribution in [0.4, 0.5) is 4.79 Å². The molecule has 42 heavy (non-hydrogen) atoms. The van der Waals surface area contributed by atoms with Crippen molar-refractivity contribution in [1.82, 2.24) is 26.2 Å². The second kappa shape index (κ2) is 17.3. The van der Waals surface area contributed by atoms with Crippen LogP contribution in [-0.2, 0) is 23.9 Å². The van der Waals surface area contributed by atoms with Crippen LogP contribution < -0.4 is 27.0 Å². The standard InChI is InChI=1S/C30H56N6O6/c1-20(2)25(35-23(37)12-16-33-30(6,7)8)26(39)34-22(11-9-10-15-32-28(31)41)27(40)42-21-13-17-36(18-14-21)24(38)19-29(3,4)5/h20-22,25,33H,9-19H2,1-8H3,(H,34,39)(H,35,37)(H3,31,32,41)/t22-,25-/m0/s1. The van der Waals surface area contributed by atoms with Crippen molar-refractivity contribution >= 4 is 29.7 Å². The average molecular weight is 597 g/mol. The van der Waals surface area contributed by atoms with Crippen LogP contribution in [0.5, 0.6) is 0 Å². The fourth-order valence-corrected chi connectivity index (χ4v) is 4.56. The molecule has 0 spiro atoms. The number of urea groups is 1. The zero-order valence-electron chi connectivity index (χ0n) is 27.1. The number of nitrogens with zero attached hydrogens (tertiary/aromatic N) is 1. The van der Waals surface area contributed by atoms with Crippen LogP contribution in [0.2, 0.25) is 0 Å². The topological polar surface area (TPSA) is 172 Å². The molecule has 1 rings (SSSR count). The van der Waals surface area contributed by atoms with E-state index < -0.39 is 30.0 Å². The van der Waals surface area contributed by atoms with E-state index in [2.05, 4.69) is 21.3 Å². The number of likely N-dealkylation sites (tertiary alicyclic amines) is 1. The molecule has 1 saturated heterocycles. The van der Waals surface area contributed by atoms with Gasteiger partial charge in [0.2, 0.25) is 17.7 Å². The van der Waals surface area contributed by atoms with Crippen molar-refractivity contribution < 1.29 is 28.7 Å². The Balaban J connectivity index is 2.81. The van der Waals surface area contributed by atoms with Crippen molar-refractivity contribution in [2.45, 2.75) is 124 Å². The zero-order chi connectivity index (χ0) is 32.1. The van der Waals surface area contributed by atoms with Crippen LogP contribution >= 0.6 is 0 Å². The first-order valence-electron chi connectivity index (χ1n) is 15.2. The van der Waals surface area contributed by atoms with Crippen molar-refractivity contribution in [3.05, 3.63) is 0 Å². The van der Waals surface area contributed by atoms with Crippen LogP contribution in [0, 0.1) is 11.3 Å². The molecule has 0 aromatic rings. The van der Waals surface area contributed by atoms with Crippen molar-refractivity contribution in [2.75, 3.05) is 26.2 Å². The SMILES string of the molecule is CC(C)[C@H](NC(=O)CCNC(C)(C)C)C(=O)N[C@@H](CCCCNC(N)=O)C(=O)OC1CCN(C(=O)CC(C)(C)C)CC1. The Kier molecular flexibility index (Phi) is 15.3. The normalized spacial score (nSPS) is 16.0. The number of nitrogens with one attached hydrogen (secondary N) is 4. The molecule has 12 heteroatoms. The van der Waals surface area contributed by atoms with E-state index in [-0.39, 0.29) is 41.2 Å². The van der Waals surface area contributed by atoms with Gasteiger partial charge in [0.15, 0.2) is 0 Å². The number of esters is 1. The second-order valence-corrected chi connectivity index (χ2v) is 13.8. The zero-order valence-corrected chi connectivity index (χ0v) is 27.1. The van der Waals surface area contributed by atoms with Crippen molar-refractivity contribution in [3.8, 4) is 0 Å². The Labute approximate surface area is 252 Å². The number of amides is 5. The number of carbonyl (C=O) groups excluding carboxylic acids is 5. The molecule has 0 aromatic heterocycles. The monoisotopic (exact) mass is 596 g/mol. The van der Waals surface area contributed by atoms with E-state index in [1.807, 2.05) is 60.3 Å². The number of carbonyl (C=O) groups is 5. The number of nitrogens with two attached hydrogens (primary N) is 1. The van der Waals surface area contributed by atoms with Crippen LogP contribution in [0.3, 0.4) is 0 Å². The second-order valence-electron chi connectivity index (χ2n) is 13.8. The Hall–Kier alpha value is -2.89. The lowest BCUT2D eigenvalue weighted by Gasteiger charge is -2.34. The highest BCUT2D eigenvalue weighted by atomic mass is 16.5. The Morgan fingerprint density at radius 1 is 0.929 bits per heavy atom. The molecule has 12 nitrogen and oxygen atoms in total. The molecule has 242 valence electrons. The van der Waals surface area contributed by atoms with Crippen LogP contribution in [0.15, 0.2) is 0 Å². The summed E-state index contributed by atoms with van der Waals surface area (Å²) in [6.45, 7) is 17.6. The molecule has 0 bridgehead atoms. The number of primary amides is 1. The van der Waals surface area contributed by atoms with E-state index in [0.29, 0.717) is 64.7 Å². The minimum absolute atomic E-state index is 0.0953. The lowest BCUT2D eigenvalue weighted by molar-refractivity contribution is -0.156. The lowest BCUT2D eigenvalue weighted by Crippen LogP contribution is -2.54. The van der Waals surface area contributed by atoms with Gasteiger partial charge in [-0.1, -0.05) is 34.6 Å². The number of rotatable bonds is 15. The quantitative estimate of drug-likeness (QED) is 0.142. The molecule has 6 N–H and O–H groups in total. The van der Waals surface area contributed by atoms with E-state index in [1.165, 1.54) is 0 Å². The third-order valence-electron chi connectivity index (χ3n) is 6.85. The summed E-state index contributed by atoms with van der Waals surface area (Å²) in [5.41, 5.74) is 4.89. The van der Waals surface area contributed by atoms with Gasteiger partial charge in [0.05, 0.1) is 0 Å². The summed E-state index contributed by atoms with van der Waals surface area (Å²) in [6, 6.07) is -2.37. The van der Waals surface area contributed by atoms with E-state index in [4.69, 9.17) is 10.5 Å². The molecule has 0 aromatic carbocycles. The lowest BCUT2D eigenvalue weighted by atomic mass is 9.91. The van der Waals surface area contributed by atoms with Crippen molar-refractivity contribution in [1.29, 1.82) is 0 Å². The van der Waals surface area contributed by atoms with Gasteiger partial charge < -0.3 is 36.6 Å². The molecule has 1 heterocycles. The molecule has 1 aliphatic heterocycles. The Bertz CT molecular complexity index is 903. The highest BCUT2D eigenvalue weighted by Gasteiger charge is 2.32. The summed E-state index contributed by atoms with van der Waals surface area (Å²) in [4.78, 5) is 64.5. The van der Waals surface area contributed by atoms with E-state index in [0.717, 1.165) is 0 Å². The molecular weight excluding hydrogens is 540 g/mol. The maximum Gasteiger partial charge on any atom is 0.328 e. The van der Waals surface area contributed by atoms with Gasteiger partial charge in [-0.3, -0.25) is 14.4 Å². The van der Waals surface area contributed by atoms with Crippen LogP contribution in [0.25, 0.3) is 0 Å². The largest absolute Gasteiger partial charge is 0.461 e. The van der Waals surface area contributed by atoms with E-state index in [9.17, 15) is 24.0 Å². The summed E-state index contributed by atoms with van der Waals surface area (Å²) in [7, 11) is 0. The highest BCUT2D eigenvalue weighted by Crippen LogP contribution is 2.23. The van der Waals surface area contributed by atoms with Crippen molar-refractivity contribution in [3.63, 3.8) is 0 Å². The average Bonchev–Trinajstić information content (AvgIpc) is 2.84. The minimum atomic E-state index is -0.924. The molecule has 0 saturated carbocycles. The molecule has 5 amide bonds.